The van der Waals surface area contributed by atoms with E-state index in [4.69, 9.17) is 0 Å². The first kappa shape index (κ1) is 7.32. The third kappa shape index (κ3) is 1.32. The first-order valence-corrected chi connectivity index (χ1v) is 4.79. The monoisotopic (exact) mass is 128 g/mol. The maximum atomic E-state index is 2.50. The molecular weight excluding hydrogens is 114 g/mol. The van der Waals surface area contributed by atoms with Crippen molar-refractivity contribution < 1.29 is 0 Å². The van der Waals surface area contributed by atoms with E-state index in [-0.39, 0.29) is 0 Å². The molecule has 0 nitrogen and oxygen atoms in total. The molecule has 2 fully saturated rings. The van der Waals surface area contributed by atoms with E-state index in [0.29, 0.717) is 0 Å². The Bertz CT molecular complexity index is 125. The van der Waals surface area contributed by atoms with Gasteiger partial charge < -0.3 is 0 Å². The second kappa shape index (κ2) is 2.61. The quantitative estimate of drug-likeness (QED) is 0.436. The molecule has 2 saturated heterocycles. The fourth-order valence-electron chi connectivity index (χ4n) is 3.01. The van der Waals surface area contributed by atoms with Crippen LogP contribution in [0, 0.1) is 0 Å². The van der Waals surface area contributed by atoms with Gasteiger partial charge in [0.1, 0.15) is 0 Å². The molecule has 0 aliphatic carbocycles. The summed E-state index contributed by atoms with van der Waals surface area (Å²) < 4.78 is 0.779. The average Bonchev–Trinajstić information content (AvgIpc) is 1.86. The molecule has 0 atom stereocenters. The first-order chi connectivity index (χ1) is 4.79. The Morgan fingerprint density at radius 2 is 1.80 bits per heavy atom. The first-order valence-electron chi connectivity index (χ1n) is 4.79. The van der Waals surface area contributed by atoms with Gasteiger partial charge in [-0.15, -0.1) is 0 Å². The third-order valence-electron chi connectivity index (χ3n) is 3.57. The van der Waals surface area contributed by atoms with Crippen LogP contribution >= 0.6 is 0 Å². The van der Waals surface area contributed by atoms with Crippen LogP contribution in [0.5, 0.6) is 0 Å². The van der Waals surface area contributed by atoms with Crippen molar-refractivity contribution in [1.29, 1.82) is 0 Å². The molecule has 0 amide bonds. The van der Waals surface area contributed by atoms with E-state index in [2.05, 4.69) is 17.7 Å². The van der Waals surface area contributed by atoms with Crippen LogP contribution in [0.4, 0.5) is 0 Å². The summed E-state index contributed by atoms with van der Waals surface area (Å²) in [5, 5.41) is 0. The van der Waals surface area contributed by atoms with E-state index >= 15 is 0 Å². The van der Waals surface area contributed by atoms with Gasteiger partial charge in [0.05, 0.1) is 0 Å². The van der Waals surface area contributed by atoms with Crippen LogP contribution in [-0.4, -0.2) is 25.0 Å². The van der Waals surface area contributed by atoms with Gasteiger partial charge in [-0.25, -0.2) is 0 Å². The van der Waals surface area contributed by atoms with E-state index in [1.165, 1.54) is 38.5 Å². The average molecular weight is 128 g/mol. The zero-order valence-electron chi connectivity index (χ0n) is 7.03. The van der Waals surface area contributed by atoms with Crippen LogP contribution in [0.15, 0.2) is 0 Å². The van der Waals surface area contributed by atoms with Crippen LogP contribution in [0.25, 0.3) is 0 Å². The summed E-state index contributed by atoms with van der Waals surface area (Å²) in [6.45, 7) is 0. The third-order valence-corrected chi connectivity index (χ3v) is 3.57. The normalized spacial score (nSPS) is 46.4. The summed E-state index contributed by atoms with van der Waals surface area (Å²) in [7, 11) is 1.55. The predicted octanol–water partition coefficient (Wildman–Crippen LogP) is 1.86. The summed E-state index contributed by atoms with van der Waals surface area (Å²) >= 11 is 2.50. The van der Waals surface area contributed by atoms with E-state index < -0.39 is 0 Å². The summed E-state index contributed by atoms with van der Waals surface area (Å²) in [4.78, 5) is 0. The fourth-order valence-corrected chi connectivity index (χ4v) is 3.01. The van der Waals surface area contributed by atoms with Gasteiger partial charge in [-0.1, -0.05) is 0 Å². The Morgan fingerprint density at radius 3 is 2.20 bits per heavy atom. The molecule has 2 heterocycles. The van der Waals surface area contributed by atoms with Gasteiger partial charge in [0.15, 0.2) is 0 Å². The molecule has 0 saturated carbocycles. The van der Waals surface area contributed by atoms with Crippen LogP contribution in [0.2, 0.25) is 9.80 Å². The van der Waals surface area contributed by atoms with Crippen LogP contribution in [0.3, 0.4) is 0 Å². The molecule has 10 heavy (non-hydrogen) atoms. The Kier molecular flexibility index (Phi) is 1.91. The molecule has 0 radical (unpaired) electrons. The van der Waals surface area contributed by atoms with Gasteiger partial charge >= 0.3 is 73.3 Å². The van der Waals surface area contributed by atoms with Crippen LogP contribution < -0.4 is 0 Å². The molecule has 0 spiro atoms. The van der Waals surface area contributed by atoms with Gasteiger partial charge in [-0.3, -0.25) is 0 Å². The van der Waals surface area contributed by atoms with Crippen LogP contribution in [0.1, 0.15) is 38.5 Å². The van der Waals surface area contributed by atoms with Crippen molar-refractivity contribution in [3.8, 4) is 0 Å². The van der Waals surface area contributed by atoms with Gasteiger partial charge in [0.25, 0.3) is 0 Å². The molecule has 2 bridgehead atoms. The number of hydrogen-bond acceptors (Lipinski definition) is 0. The standard InChI is InChI=1S/C8H14B.Li/c1-3-7-5-2-6-8(4-1)9-7;/h7,9H,1-6H2;. The summed E-state index contributed by atoms with van der Waals surface area (Å²) in [6.07, 6.45) is 9.14. The maximum absolute atomic E-state index is 2.50. The number of rotatable bonds is 0. The van der Waals surface area contributed by atoms with E-state index in [1.54, 1.807) is 7.28 Å². The van der Waals surface area contributed by atoms with Gasteiger partial charge in [0, 0.05) is 0 Å². The second-order valence-electron chi connectivity index (χ2n) is 4.67. The van der Waals surface area contributed by atoms with E-state index in [9.17, 15) is 0 Å². The zero-order valence-corrected chi connectivity index (χ0v) is 7.03. The molecule has 2 rings (SSSR count). The summed E-state index contributed by atoms with van der Waals surface area (Å²) in [5.41, 5.74) is 0. The molecule has 0 aromatic heterocycles. The molecule has 0 aromatic carbocycles. The van der Waals surface area contributed by atoms with Crippen molar-refractivity contribution in [2.75, 3.05) is 0 Å². The second-order valence-corrected chi connectivity index (χ2v) is 4.67. The van der Waals surface area contributed by atoms with Gasteiger partial charge in [0.2, 0.25) is 0 Å². The van der Waals surface area contributed by atoms with Gasteiger partial charge in [-0.2, -0.15) is 0 Å². The van der Waals surface area contributed by atoms with E-state index in [0.717, 1.165) is 9.80 Å². The topological polar surface area (TPSA) is 0 Å². The van der Waals surface area contributed by atoms with Crippen molar-refractivity contribution in [3.63, 3.8) is 0 Å². The molecule has 0 N–H and O–H groups in total. The van der Waals surface area contributed by atoms with Crippen molar-refractivity contribution in [2.24, 2.45) is 0 Å². The zero-order chi connectivity index (χ0) is 7.03. The summed E-state index contributed by atoms with van der Waals surface area (Å²) in [6, 6.07) is 0. The van der Waals surface area contributed by atoms with Crippen molar-refractivity contribution in [3.05, 3.63) is 0 Å². The number of hydrogen-bond donors (Lipinski definition) is 0. The van der Waals surface area contributed by atoms with Crippen molar-refractivity contribution in [2.45, 2.75) is 48.3 Å². The molecule has 2 aliphatic rings. The minimum absolute atomic E-state index is 0.779. The minimum atomic E-state index is 0.779. The fraction of sp³-hybridized carbons (Fsp3) is 1.00. The SMILES string of the molecule is [Li][C]12BC(CCC1)CCC2. The number of fused-ring (bicyclic) bond motifs is 2. The molecule has 2 aliphatic heterocycles. The Hall–Kier alpha value is 0.662. The molecule has 2 heteroatoms. The molecular formula is C8H14BLi. The van der Waals surface area contributed by atoms with E-state index in [1.807, 2.05) is 0 Å². The van der Waals surface area contributed by atoms with Gasteiger partial charge in [-0.05, 0) is 0 Å². The Balaban J connectivity index is 2.07. The van der Waals surface area contributed by atoms with Crippen molar-refractivity contribution in [1.82, 2.24) is 0 Å². The molecule has 50 valence electrons. The Labute approximate surface area is 73.6 Å². The van der Waals surface area contributed by atoms with Crippen molar-refractivity contribution >= 4 is 25.0 Å². The summed E-state index contributed by atoms with van der Waals surface area (Å²) in [5.74, 6) is 1.12. The van der Waals surface area contributed by atoms with Crippen LogP contribution in [-0.2, 0) is 0 Å². The molecule has 0 unspecified atom stereocenters. The molecule has 0 aromatic rings. The Morgan fingerprint density at radius 1 is 1.20 bits per heavy atom. The predicted molar refractivity (Wildman–Crippen MR) is 47.0 cm³/mol.